The van der Waals surface area contributed by atoms with E-state index < -0.39 is 5.41 Å². The van der Waals surface area contributed by atoms with Crippen LogP contribution in [0.3, 0.4) is 0 Å². The van der Waals surface area contributed by atoms with Crippen molar-refractivity contribution in [3.05, 3.63) is 35.6 Å². The summed E-state index contributed by atoms with van der Waals surface area (Å²) in [6.45, 7) is 4.08. The molecule has 1 spiro atoms. The summed E-state index contributed by atoms with van der Waals surface area (Å²) in [6, 6.07) is 6.66. The van der Waals surface area contributed by atoms with E-state index in [9.17, 15) is 14.0 Å². The minimum Gasteiger partial charge on any atom is -0.340 e. The van der Waals surface area contributed by atoms with E-state index >= 15 is 0 Å². The van der Waals surface area contributed by atoms with Crippen molar-refractivity contribution in [1.29, 1.82) is 0 Å². The second-order valence-electron chi connectivity index (χ2n) is 8.19. The Balaban J connectivity index is 1.44. The van der Waals surface area contributed by atoms with Gasteiger partial charge in [-0.2, -0.15) is 0 Å². The lowest BCUT2D eigenvalue weighted by Gasteiger charge is -2.39. The van der Waals surface area contributed by atoms with Gasteiger partial charge in [0.25, 0.3) is 0 Å². The molecular formula is C20H27FN4O2. The fraction of sp³-hybridized carbons (Fsp3) is 0.600. The van der Waals surface area contributed by atoms with Gasteiger partial charge in [-0.05, 0) is 38.7 Å². The third-order valence-electron chi connectivity index (χ3n) is 6.20. The molecule has 0 bridgehead atoms. The number of hydrogen-bond acceptors (Lipinski definition) is 4. The average molecular weight is 374 g/mol. The van der Waals surface area contributed by atoms with Gasteiger partial charge in [0.2, 0.25) is 11.8 Å². The maximum atomic E-state index is 14.0. The van der Waals surface area contributed by atoms with Gasteiger partial charge in [0.15, 0.2) is 0 Å². The molecule has 0 aromatic heterocycles. The molecule has 3 unspecified atom stereocenters. The zero-order valence-electron chi connectivity index (χ0n) is 15.7. The molecule has 146 valence electrons. The lowest BCUT2D eigenvalue weighted by atomic mass is 9.78. The van der Waals surface area contributed by atoms with Crippen LogP contribution in [-0.4, -0.2) is 53.3 Å². The van der Waals surface area contributed by atoms with Crippen LogP contribution in [0.15, 0.2) is 24.3 Å². The highest BCUT2D eigenvalue weighted by molar-refractivity contribution is 5.87. The van der Waals surface area contributed by atoms with Gasteiger partial charge in [-0.15, -0.1) is 0 Å². The van der Waals surface area contributed by atoms with Gasteiger partial charge in [-0.3, -0.25) is 15.0 Å². The number of nitrogens with zero attached hydrogens (tertiary/aromatic N) is 2. The van der Waals surface area contributed by atoms with Crippen LogP contribution in [-0.2, 0) is 16.1 Å². The van der Waals surface area contributed by atoms with Gasteiger partial charge in [0.05, 0.1) is 5.41 Å². The number of benzene rings is 1. The smallest absolute Gasteiger partial charge is 0.241 e. The highest BCUT2D eigenvalue weighted by atomic mass is 19.1. The minimum atomic E-state index is -0.503. The number of nitrogens with one attached hydrogen (secondary N) is 2. The standard InChI is InChI=1S/C20H27FN4O2/c1-14-11-17(23-22-14)18(26)25-10-8-20(13-25)7-4-9-24(19(20)27)12-15-5-2-3-6-16(15)21/h2-3,5-6,14,17,22-23H,4,7-13H2,1H3. The van der Waals surface area contributed by atoms with Crippen molar-refractivity contribution >= 4 is 11.8 Å². The number of amides is 2. The van der Waals surface area contributed by atoms with E-state index in [1.807, 2.05) is 11.8 Å². The third-order valence-corrected chi connectivity index (χ3v) is 6.20. The first-order chi connectivity index (χ1) is 13.0. The SMILES string of the molecule is CC1CC(C(=O)N2CCC3(CCCN(Cc4ccccc4F)C3=O)C2)NN1. The number of piperidine rings is 1. The van der Waals surface area contributed by atoms with Crippen LogP contribution in [0.4, 0.5) is 4.39 Å². The Morgan fingerprint density at radius 3 is 2.81 bits per heavy atom. The van der Waals surface area contributed by atoms with Gasteiger partial charge in [-0.1, -0.05) is 18.2 Å². The Kier molecular flexibility index (Phi) is 4.90. The number of carbonyl (C=O) groups is 2. The topological polar surface area (TPSA) is 64.7 Å². The first-order valence-electron chi connectivity index (χ1n) is 9.81. The van der Waals surface area contributed by atoms with Crippen LogP contribution in [0.2, 0.25) is 0 Å². The molecule has 27 heavy (non-hydrogen) atoms. The van der Waals surface area contributed by atoms with E-state index in [4.69, 9.17) is 0 Å². The van der Waals surface area contributed by atoms with Gasteiger partial charge in [0, 0.05) is 37.8 Å². The summed E-state index contributed by atoms with van der Waals surface area (Å²) in [5.41, 5.74) is 6.18. The summed E-state index contributed by atoms with van der Waals surface area (Å²) in [5.74, 6) is -0.136. The normalized spacial score (nSPS) is 31.1. The van der Waals surface area contributed by atoms with Crippen LogP contribution in [0.1, 0.15) is 38.2 Å². The molecule has 3 fully saturated rings. The van der Waals surface area contributed by atoms with Crippen LogP contribution in [0.5, 0.6) is 0 Å². The molecule has 1 aromatic rings. The third kappa shape index (κ3) is 3.46. The number of carbonyl (C=O) groups excluding carboxylic acids is 2. The van der Waals surface area contributed by atoms with Crippen molar-refractivity contribution in [3.63, 3.8) is 0 Å². The molecule has 6 nitrogen and oxygen atoms in total. The molecule has 2 N–H and O–H groups in total. The van der Waals surface area contributed by atoms with Crippen molar-refractivity contribution in [2.24, 2.45) is 5.41 Å². The molecule has 3 saturated heterocycles. The second-order valence-corrected chi connectivity index (χ2v) is 8.19. The lowest BCUT2D eigenvalue weighted by molar-refractivity contribution is -0.147. The van der Waals surface area contributed by atoms with Crippen molar-refractivity contribution in [2.45, 2.75) is 51.2 Å². The molecule has 1 aromatic carbocycles. The Bertz CT molecular complexity index is 742. The van der Waals surface area contributed by atoms with Crippen LogP contribution in [0.25, 0.3) is 0 Å². The Labute approximate surface area is 159 Å². The first kappa shape index (κ1) is 18.4. The fourth-order valence-electron chi connectivity index (χ4n) is 4.67. The van der Waals surface area contributed by atoms with Gasteiger partial charge >= 0.3 is 0 Å². The second kappa shape index (κ2) is 7.20. The number of likely N-dealkylation sites (tertiary alicyclic amines) is 2. The maximum Gasteiger partial charge on any atom is 0.241 e. The summed E-state index contributed by atoms with van der Waals surface area (Å²) in [6.07, 6.45) is 3.15. The fourth-order valence-corrected chi connectivity index (χ4v) is 4.67. The van der Waals surface area contributed by atoms with Gasteiger partial charge < -0.3 is 9.80 Å². The van der Waals surface area contributed by atoms with Crippen LogP contribution in [0, 0.1) is 11.2 Å². The first-order valence-corrected chi connectivity index (χ1v) is 9.81. The van der Waals surface area contributed by atoms with E-state index in [0.29, 0.717) is 38.2 Å². The molecular weight excluding hydrogens is 347 g/mol. The highest BCUT2D eigenvalue weighted by Gasteiger charge is 2.50. The van der Waals surface area contributed by atoms with Crippen molar-refractivity contribution < 1.29 is 14.0 Å². The zero-order valence-corrected chi connectivity index (χ0v) is 15.7. The molecule has 3 heterocycles. The van der Waals surface area contributed by atoms with Crippen LogP contribution < -0.4 is 10.9 Å². The van der Waals surface area contributed by atoms with Crippen LogP contribution >= 0.6 is 0 Å². The molecule has 7 heteroatoms. The zero-order chi connectivity index (χ0) is 19.0. The highest BCUT2D eigenvalue weighted by Crippen LogP contribution is 2.41. The predicted octanol–water partition coefficient (Wildman–Crippen LogP) is 1.42. The Hall–Kier alpha value is -1.99. The van der Waals surface area contributed by atoms with Gasteiger partial charge in [-0.25, -0.2) is 9.82 Å². The van der Waals surface area contributed by atoms with E-state index in [0.717, 1.165) is 19.3 Å². The van der Waals surface area contributed by atoms with Gasteiger partial charge in [0.1, 0.15) is 11.9 Å². The van der Waals surface area contributed by atoms with E-state index in [1.165, 1.54) is 6.07 Å². The lowest BCUT2D eigenvalue weighted by Crippen LogP contribution is -2.51. The maximum absolute atomic E-state index is 14.0. The minimum absolute atomic E-state index is 0.0678. The molecule has 0 radical (unpaired) electrons. The number of hydrazine groups is 1. The predicted molar refractivity (Wildman–Crippen MR) is 98.8 cm³/mol. The average Bonchev–Trinajstić information content (AvgIpc) is 3.28. The van der Waals surface area contributed by atoms with E-state index in [1.54, 1.807) is 23.1 Å². The monoisotopic (exact) mass is 374 g/mol. The summed E-state index contributed by atoms with van der Waals surface area (Å²) in [5, 5.41) is 0. The van der Waals surface area contributed by atoms with E-state index in [2.05, 4.69) is 10.9 Å². The molecule has 0 saturated carbocycles. The summed E-state index contributed by atoms with van der Waals surface area (Å²) < 4.78 is 14.0. The largest absolute Gasteiger partial charge is 0.340 e. The molecule has 3 atom stereocenters. The number of rotatable bonds is 3. The number of halogens is 1. The summed E-state index contributed by atoms with van der Waals surface area (Å²) >= 11 is 0. The number of hydrogen-bond donors (Lipinski definition) is 2. The van der Waals surface area contributed by atoms with E-state index in [-0.39, 0.29) is 29.7 Å². The van der Waals surface area contributed by atoms with Crippen molar-refractivity contribution in [2.75, 3.05) is 19.6 Å². The molecule has 0 aliphatic carbocycles. The summed E-state index contributed by atoms with van der Waals surface area (Å²) in [7, 11) is 0. The molecule has 2 amide bonds. The quantitative estimate of drug-likeness (QED) is 0.840. The molecule has 3 aliphatic rings. The Morgan fingerprint density at radius 2 is 2.07 bits per heavy atom. The summed E-state index contributed by atoms with van der Waals surface area (Å²) in [4.78, 5) is 29.6. The molecule has 3 aliphatic heterocycles. The Morgan fingerprint density at radius 1 is 1.26 bits per heavy atom. The van der Waals surface area contributed by atoms with Crippen molar-refractivity contribution in [1.82, 2.24) is 20.7 Å². The van der Waals surface area contributed by atoms with Crippen molar-refractivity contribution in [3.8, 4) is 0 Å². The molecule has 4 rings (SSSR count).